The second kappa shape index (κ2) is 5.99. The zero-order chi connectivity index (χ0) is 13.7. The Morgan fingerprint density at radius 3 is 2.53 bits per heavy atom. The van der Waals surface area contributed by atoms with Crippen LogP contribution in [-0.4, -0.2) is 28.3 Å². The Hall–Kier alpha value is -2.38. The molecule has 2 rings (SSSR count). The molecule has 0 unspecified atom stereocenters. The highest BCUT2D eigenvalue weighted by molar-refractivity contribution is 6.59. The number of pyridine rings is 1. The van der Waals surface area contributed by atoms with E-state index in [-0.39, 0.29) is 0 Å². The molecule has 0 aliphatic heterocycles. The molecule has 0 saturated carbocycles. The van der Waals surface area contributed by atoms with Gasteiger partial charge in [0.15, 0.2) is 0 Å². The first-order valence-electron chi connectivity index (χ1n) is 5.50. The Labute approximate surface area is 109 Å². The lowest BCUT2D eigenvalue weighted by Crippen LogP contribution is -2.40. The fraction of sp³-hybridized carbons (Fsp3) is 0. The summed E-state index contributed by atoms with van der Waals surface area (Å²) in [5.74, 6) is 0. The van der Waals surface area contributed by atoms with E-state index in [0.29, 0.717) is 5.46 Å². The highest BCUT2D eigenvalue weighted by atomic mass is 16.7. The molecule has 3 N–H and O–H groups in total. The number of nitrogens with zero attached hydrogens (tertiary/aromatic N) is 1. The molecule has 0 atom stereocenters. The third-order valence-corrected chi connectivity index (χ3v) is 2.45. The third-order valence-electron chi connectivity index (χ3n) is 2.45. The van der Waals surface area contributed by atoms with Crippen LogP contribution in [0.3, 0.4) is 0 Å². The van der Waals surface area contributed by atoms with E-state index in [4.69, 9.17) is 5.11 Å². The predicted octanol–water partition coefficient (Wildman–Crippen LogP) is 0.635. The molecule has 7 heteroatoms. The van der Waals surface area contributed by atoms with E-state index in [1.807, 2.05) is 12.1 Å². The van der Waals surface area contributed by atoms with Gasteiger partial charge in [-0.15, -0.1) is 0 Å². The van der Waals surface area contributed by atoms with E-state index in [2.05, 4.69) is 9.74 Å². The minimum atomic E-state index is -1.37. The van der Waals surface area contributed by atoms with Crippen molar-refractivity contribution in [3.8, 4) is 11.1 Å². The molecule has 96 valence electrons. The first-order chi connectivity index (χ1) is 9.16. The van der Waals surface area contributed by atoms with Crippen molar-refractivity contribution in [2.24, 2.45) is 0 Å². The van der Waals surface area contributed by atoms with Crippen molar-refractivity contribution in [1.29, 1.82) is 0 Å². The van der Waals surface area contributed by atoms with Gasteiger partial charge in [-0.3, -0.25) is 9.74 Å². The van der Waals surface area contributed by atoms with Gasteiger partial charge in [-0.1, -0.05) is 30.3 Å². The van der Waals surface area contributed by atoms with Crippen LogP contribution in [0.2, 0.25) is 0 Å². The molecule has 2 aromatic rings. The summed E-state index contributed by atoms with van der Waals surface area (Å²) >= 11 is 0. The number of rotatable bonds is 4. The number of hydrogen-bond acceptors (Lipinski definition) is 4. The number of amides is 1. The summed E-state index contributed by atoms with van der Waals surface area (Å²) in [6, 6.07) is 10.6. The van der Waals surface area contributed by atoms with Gasteiger partial charge >= 0.3 is 13.2 Å². The Bertz CT molecular complexity index is 547. The number of hydrogen-bond donors (Lipinski definition) is 3. The molecule has 0 fully saturated rings. The minimum Gasteiger partial charge on any atom is -0.464 e. The standard InChI is InChI=1S/C12H11BN2O4/c16-12(17)15-19-13(18)11-5-3-9(4-6-11)10-2-1-7-14-8-10/h1-8,15,18H,(H,16,17). The van der Waals surface area contributed by atoms with Crippen LogP contribution < -0.4 is 10.9 Å². The molecule has 0 radical (unpaired) electrons. The maximum absolute atomic E-state index is 10.2. The largest absolute Gasteiger partial charge is 0.514 e. The fourth-order valence-corrected chi connectivity index (χ4v) is 1.55. The zero-order valence-corrected chi connectivity index (χ0v) is 9.85. The maximum atomic E-state index is 10.2. The van der Waals surface area contributed by atoms with Crippen LogP contribution in [0.25, 0.3) is 11.1 Å². The first kappa shape index (κ1) is 13.1. The van der Waals surface area contributed by atoms with Crippen molar-refractivity contribution in [3.05, 3.63) is 48.8 Å². The number of hydroxylamine groups is 1. The molecule has 1 amide bonds. The molecule has 6 nitrogen and oxygen atoms in total. The van der Waals surface area contributed by atoms with Crippen LogP contribution in [0.5, 0.6) is 0 Å². The average Bonchev–Trinajstić information content (AvgIpc) is 2.46. The van der Waals surface area contributed by atoms with E-state index < -0.39 is 13.2 Å². The van der Waals surface area contributed by atoms with Crippen molar-refractivity contribution < 1.29 is 19.7 Å². The van der Waals surface area contributed by atoms with Crippen molar-refractivity contribution >= 4 is 18.7 Å². The van der Waals surface area contributed by atoms with Crippen molar-refractivity contribution in [2.45, 2.75) is 0 Å². The van der Waals surface area contributed by atoms with Gasteiger partial charge < -0.3 is 10.1 Å². The van der Waals surface area contributed by atoms with Gasteiger partial charge in [0, 0.05) is 12.4 Å². The predicted molar refractivity (Wildman–Crippen MR) is 69.5 cm³/mol. The molecular weight excluding hydrogens is 247 g/mol. The van der Waals surface area contributed by atoms with Crippen LogP contribution in [0.4, 0.5) is 4.79 Å². The Morgan fingerprint density at radius 2 is 1.95 bits per heavy atom. The Kier molecular flexibility index (Phi) is 4.12. The van der Waals surface area contributed by atoms with E-state index in [0.717, 1.165) is 11.1 Å². The summed E-state index contributed by atoms with van der Waals surface area (Å²) in [4.78, 5) is 14.2. The van der Waals surface area contributed by atoms with Crippen molar-refractivity contribution in [3.63, 3.8) is 0 Å². The van der Waals surface area contributed by atoms with E-state index in [9.17, 15) is 9.82 Å². The summed E-state index contributed by atoms with van der Waals surface area (Å²) in [5, 5.41) is 17.9. The van der Waals surface area contributed by atoms with Crippen LogP contribution in [0.15, 0.2) is 48.8 Å². The van der Waals surface area contributed by atoms with Gasteiger partial charge in [0.2, 0.25) is 0 Å². The topological polar surface area (TPSA) is 91.7 Å². The highest BCUT2D eigenvalue weighted by Crippen LogP contribution is 2.16. The van der Waals surface area contributed by atoms with Crippen molar-refractivity contribution in [1.82, 2.24) is 10.5 Å². The zero-order valence-electron chi connectivity index (χ0n) is 9.85. The molecule has 0 aliphatic carbocycles. The van der Waals surface area contributed by atoms with Gasteiger partial charge in [-0.05, 0) is 22.7 Å². The smallest absolute Gasteiger partial charge is 0.464 e. The first-order valence-corrected chi connectivity index (χ1v) is 5.50. The molecule has 1 aromatic heterocycles. The highest BCUT2D eigenvalue weighted by Gasteiger charge is 2.17. The van der Waals surface area contributed by atoms with Crippen molar-refractivity contribution in [2.75, 3.05) is 0 Å². The number of nitrogens with one attached hydrogen (secondary N) is 1. The van der Waals surface area contributed by atoms with Gasteiger partial charge in [0.25, 0.3) is 0 Å². The second-order valence-electron chi connectivity index (χ2n) is 3.74. The maximum Gasteiger partial charge on any atom is 0.514 e. The van der Waals surface area contributed by atoms with E-state index in [1.54, 1.807) is 42.1 Å². The molecule has 0 aliphatic rings. The number of carbonyl (C=O) groups is 1. The number of benzene rings is 1. The molecular formula is C12H11BN2O4. The molecule has 0 bridgehead atoms. The molecule has 1 heterocycles. The lowest BCUT2D eigenvalue weighted by atomic mass is 9.79. The van der Waals surface area contributed by atoms with Crippen LogP contribution >= 0.6 is 0 Å². The molecule has 0 spiro atoms. The summed E-state index contributed by atoms with van der Waals surface area (Å²) < 4.78 is 4.53. The monoisotopic (exact) mass is 258 g/mol. The Morgan fingerprint density at radius 1 is 1.21 bits per heavy atom. The Balaban J connectivity index is 2.08. The molecule has 0 saturated heterocycles. The minimum absolute atomic E-state index is 0.446. The summed E-state index contributed by atoms with van der Waals surface area (Å²) in [6.45, 7) is 0. The summed E-state index contributed by atoms with van der Waals surface area (Å²) in [6.07, 6.45) is 2.05. The summed E-state index contributed by atoms with van der Waals surface area (Å²) in [5.41, 5.74) is 3.98. The van der Waals surface area contributed by atoms with Crippen LogP contribution in [-0.2, 0) is 4.76 Å². The quantitative estimate of drug-likeness (QED) is 0.552. The third kappa shape index (κ3) is 3.54. The van der Waals surface area contributed by atoms with Gasteiger partial charge in [-0.25, -0.2) is 10.3 Å². The van der Waals surface area contributed by atoms with Gasteiger partial charge in [0.1, 0.15) is 0 Å². The lowest BCUT2D eigenvalue weighted by molar-refractivity contribution is 0.124. The van der Waals surface area contributed by atoms with Gasteiger partial charge in [-0.2, -0.15) is 0 Å². The fourth-order valence-electron chi connectivity index (χ4n) is 1.55. The number of carboxylic acid groups (broad SMARTS) is 1. The van der Waals surface area contributed by atoms with Crippen LogP contribution in [0.1, 0.15) is 0 Å². The van der Waals surface area contributed by atoms with Crippen LogP contribution in [0, 0.1) is 0 Å². The number of aromatic nitrogens is 1. The summed E-state index contributed by atoms with van der Waals surface area (Å²) in [7, 11) is -1.35. The van der Waals surface area contributed by atoms with E-state index in [1.165, 1.54) is 0 Å². The second-order valence-corrected chi connectivity index (χ2v) is 3.74. The van der Waals surface area contributed by atoms with E-state index >= 15 is 0 Å². The molecule has 1 aromatic carbocycles. The normalized spacial score (nSPS) is 9.95. The SMILES string of the molecule is O=C(O)NOB(O)c1ccc(-c2cccnc2)cc1. The molecule has 19 heavy (non-hydrogen) atoms. The average molecular weight is 258 g/mol. The van der Waals surface area contributed by atoms with Gasteiger partial charge in [0.05, 0.1) is 0 Å². The lowest BCUT2D eigenvalue weighted by Gasteiger charge is -2.07.